The number of aromatic nitrogens is 3. The van der Waals surface area contributed by atoms with Crippen molar-refractivity contribution in [1.29, 1.82) is 0 Å². The van der Waals surface area contributed by atoms with E-state index in [4.69, 9.17) is 16.1 Å². The average molecular weight is 472 g/mol. The highest BCUT2D eigenvalue weighted by Gasteiger charge is 2.25. The van der Waals surface area contributed by atoms with Gasteiger partial charge in [-0.15, -0.1) is 22.7 Å². The highest BCUT2D eigenvalue weighted by atomic mass is 35.5. The summed E-state index contributed by atoms with van der Waals surface area (Å²) in [6.07, 6.45) is 0. The van der Waals surface area contributed by atoms with Crippen LogP contribution in [0.3, 0.4) is 0 Å². The molecule has 0 unspecified atom stereocenters. The van der Waals surface area contributed by atoms with E-state index in [2.05, 4.69) is 20.0 Å². The Morgan fingerprint density at radius 2 is 1.87 bits per heavy atom. The predicted octanol–water partition coefficient (Wildman–Crippen LogP) is 4.53. The molecule has 4 aromatic rings. The third-order valence-electron chi connectivity index (χ3n) is 5.04. The lowest BCUT2D eigenvalue weighted by molar-refractivity contribution is 0.0610. The fourth-order valence-electron chi connectivity index (χ4n) is 3.38. The van der Waals surface area contributed by atoms with E-state index in [0.29, 0.717) is 42.1 Å². The molecule has 0 radical (unpaired) electrons. The number of thiophene rings is 1. The summed E-state index contributed by atoms with van der Waals surface area (Å²) in [6.45, 7) is 3.35. The molecule has 1 fully saturated rings. The van der Waals surface area contributed by atoms with Crippen LogP contribution in [-0.2, 0) is 6.54 Å². The summed E-state index contributed by atoms with van der Waals surface area (Å²) >= 11 is 9.00. The predicted molar refractivity (Wildman–Crippen MR) is 121 cm³/mol. The zero-order chi connectivity index (χ0) is 21.2. The maximum absolute atomic E-state index is 12.9. The van der Waals surface area contributed by atoms with Crippen molar-refractivity contribution in [3.05, 3.63) is 63.8 Å². The van der Waals surface area contributed by atoms with Crippen LogP contribution in [0.4, 0.5) is 0 Å². The number of hydrogen-bond acceptors (Lipinski definition) is 8. The minimum atomic E-state index is -0.0334. The van der Waals surface area contributed by atoms with Gasteiger partial charge in [0, 0.05) is 42.1 Å². The Morgan fingerprint density at radius 3 is 2.61 bits per heavy atom. The van der Waals surface area contributed by atoms with Crippen molar-refractivity contribution in [3.8, 4) is 21.3 Å². The summed E-state index contributed by atoms with van der Waals surface area (Å²) in [6, 6.07) is 11.4. The Labute approximate surface area is 191 Å². The topological polar surface area (TPSA) is 75.4 Å². The van der Waals surface area contributed by atoms with Crippen LogP contribution >= 0.6 is 34.3 Å². The number of amides is 1. The van der Waals surface area contributed by atoms with Gasteiger partial charge in [-0.05, 0) is 23.6 Å². The molecule has 0 bridgehead atoms. The Hall–Kier alpha value is -2.59. The van der Waals surface area contributed by atoms with Crippen molar-refractivity contribution in [2.75, 3.05) is 26.2 Å². The van der Waals surface area contributed by atoms with Crippen LogP contribution in [0.5, 0.6) is 0 Å². The summed E-state index contributed by atoms with van der Waals surface area (Å²) in [5, 5.41) is 9.36. The first-order chi connectivity index (χ1) is 15.2. The first kappa shape index (κ1) is 20.3. The molecule has 1 saturated heterocycles. The van der Waals surface area contributed by atoms with Crippen LogP contribution in [0.2, 0.25) is 5.02 Å². The van der Waals surface area contributed by atoms with E-state index < -0.39 is 0 Å². The van der Waals surface area contributed by atoms with Crippen LogP contribution in [0.15, 0.2) is 51.7 Å². The maximum Gasteiger partial charge on any atom is 0.273 e. The first-order valence-corrected chi connectivity index (χ1v) is 11.9. The average Bonchev–Trinajstić information content (AvgIpc) is 3.56. The van der Waals surface area contributed by atoms with E-state index in [1.165, 1.54) is 11.3 Å². The normalized spacial score (nSPS) is 14.8. The molecule has 0 N–H and O–H groups in total. The molecule has 158 valence electrons. The number of thiazole rings is 1. The van der Waals surface area contributed by atoms with Crippen molar-refractivity contribution in [2.24, 2.45) is 0 Å². The molecule has 1 amide bonds. The van der Waals surface area contributed by atoms with Gasteiger partial charge < -0.3 is 9.42 Å². The number of carbonyl (C=O) groups is 1. The quantitative estimate of drug-likeness (QED) is 0.425. The molecule has 10 heteroatoms. The van der Waals surface area contributed by atoms with Gasteiger partial charge in [-0.25, -0.2) is 4.98 Å². The Balaban J connectivity index is 1.17. The molecular weight excluding hydrogens is 454 g/mol. The minimum absolute atomic E-state index is 0.0334. The van der Waals surface area contributed by atoms with Gasteiger partial charge in [-0.2, -0.15) is 4.98 Å². The fraction of sp³-hybridized carbons (Fsp3) is 0.238. The van der Waals surface area contributed by atoms with Crippen molar-refractivity contribution in [1.82, 2.24) is 24.9 Å². The molecule has 7 nitrogen and oxygen atoms in total. The van der Waals surface area contributed by atoms with Gasteiger partial charge in [0.15, 0.2) is 0 Å². The van der Waals surface area contributed by atoms with E-state index in [1.807, 2.05) is 52.1 Å². The largest absolute Gasteiger partial charge is 0.338 e. The van der Waals surface area contributed by atoms with Crippen LogP contribution in [0, 0.1) is 0 Å². The van der Waals surface area contributed by atoms with Crippen molar-refractivity contribution in [2.45, 2.75) is 6.54 Å². The van der Waals surface area contributed by atoms with Gasteiger partial charge in [0.2, 0.25) is 11.7 Å². The SMILES string of the molecule is O=C(c1csc(-c2ccc(Cl)cc2)n1)N1CCN(Cc2nc(-c3cccs3)no2)CC1. The molecule has 31 heavy (non-hydrogen) atoms. The number of rotatable bonds is 5. The number of carbonyl (C=O) groups excluding carboxylic acids is 1. The minimum Gasteiger partial charge on any atom is -0.338 e. The van der Waals surface area contributed by atoms with E-state index in [0.717, 1.165) is 28.5 Å². The molecule has 1 aliphatic heterocycles. The van der Waals surface area contributed by atoms with E-state index >= 15 is 0 Å². The van der Waals surface area contributed by atoms with Crippen molar-refractivity contribution >= 4 is 40.2 Å². The second-order valence-electron chi connectivity index (χ2n) is 7.10. The molecule has 0 spiro atoms. The molecule has 4 heterocycles. The molecule has 0 aliphatic carbocycles. The van der Waals surface area contributed by atoms with Crippen molar-refractivity contribution in [3.63, 3.8) is 0 Å². The monoisotopic (exact) mass is 471 g/mol. The molecule has 0 atom stereocenters. The summed E-state index contributed by atoms with van der Waals surface area (Å²) in [4.78, 5) is 27.0. The van der Waals surface area contributed by atoms with E-state index in [9.17, 15) is 4.79 Å². The smallest absolute Gasteiger partial charge is 0.273 e. The Morgan fingerprint density at radius 1 is 1.06 bits per heavy atom. The van der Waals surface area contributed by atoms with Crippen LogP contribution < -0.4 is 0 Å². The Kier molecular flexibility index (Phi) is 5.82. The standard InChI is InChI=1S/C21H18ClN5O2S2/c22-15-5-3-14(4-6-15)20-23-16(13-31-20)21(28)27-9-7-26(8-10-27)12-18-24-19(25-29-18)17-2-1-11-30-17/h1-6,11,13H,7-10,12H2. The van der Waals surface area contributed by atoms with E-state index in [1.54, 1.807) is 11.3 Å². The lowest BCUT2D eigenvalue weighted by Crippen LogP contribution is -2.48. The zero-order valence-electron chi connectivity index (χ0n) is 16.4. The summed E-state index contributed by atoms with van der Waals surface area (Å²) in [5.41, 5.74) is 1.45. The second-order valence-corrected chi connectivity index (χ2v) is 9.34. The summed E-state index contributed by atoms with van der Waals surface area (Å²) in [7, 11) is 0. The number of piperazine rings is 1. The number of hydrogen-bond donors (Lipinski definition) is 0. The van der Waals surface area contributed by atoms with E-state index in [-0.39, 0.29) is 5.91 Å². The van der Waals surface area contributed by atoms with Gasteiger partial charge >= 0.3 is 0 Å². The molecule has 1 aliphatic rings. The van der Waals surface area contributed by atoms with Gasteiger partial charge in [-0.3, -0.25) is 9.69 Å². The highest BCUT2D eigenvalue weighted by molar-refractivity contribution is 7.13. The molecule has 5 rings (SSSR count). The van der Waals surface area contributed by atoms with Gasteiger partial charge in [-0.1, -0.05) is 35.0 Å². The lowest BCUT2D eigenvalue weighted by Gasteiger charge is -2.33. The molecule has 3 aromatic heterocycles. The van der Waals surface area contributed by atoms with Crippen molar-refractivity contribution < 1.29 is 9.32 Å². The van der Waals surface area contributed by atoms with Gasteiger partial charge in [0.05, 0.1) is 11.4 Å². The van der Waals surface area contributed by atoms with Crippen LogP contribution in [0.25, 0.3) is 21.3 Å². The first-order valence-electron chi connectivity index (χ1n) is 9.75. The zero-order valence-corrected chi connectivity index (χ0v) is 18.8. The maximum atomic E-state index is 12.9. The van der Waals surface area contributed by atoms with Gasteiger partial charge in [0.25, 0.3) is 5.91 Å². The number of halogens is 1. The lowest BCUT2D eigenvalue weighted by atomic mass is 10.2. The third-order valence-corrected chi connectivity index (χ3v) is 7.05. The fourth-order valence-corrected chi connectivity index (χ4v) is 4.96. The molecular formula is C21H18ClN5O2S2. The summed E-state index contributed by atoms with van der Waals surface area (Å²) in [5.74, 6) is 1.18. The highest BCUT2D eigenvalue weighted by Crippen LogP contribution is 2.26. The second kappa shape index (κ2) is 8.88. The molecule has 1 aromatic carbocycles. The third kappa shape index (κ3) is 4.54. The summed E-state index contributed by atoms with van der Waals surface area (Å²) < 4.78 is 5.39. The Bertz CT molecular complexity index is 1160. The van der Waals surface area contributed by atoms with Crippen LogP contribution in [-0.4, -0.2) is 57.0 Å². The van der Waals surface area contributed by atoms with Gasteiger partial charge in [0.1, 0.15) is 10.7 Å². The molecule has 0 saturated carbocycles. The van der Waals surface area contributed by atoms with Crippen LogP contribution in [0.1, 0.15) is 16.4 Å². The number of benzene rings is 1. The number of nitrogens with zero attached hydrogens (tertiary/aromatic N) is 5.